The molecule has 2 N–H and O–H groups in total. The van der Waals surface area contributed by atoms with Gasteiger partial charge in [-0.3, -0.25) is 14.9 Å². The molecule has 0 fully saturated rings. The van der Waals surface area contributed by atoms with Crippen molar-refractivity contribution in [1.29, 1.82) is 0 Å². The number of amides is 2. The van der Waals surface area contributed by atoms with Crippen LogP contribution in [0.3, 0.4) is 0 Å². The van der Waals surface area contributed by atoms with Crippen molar-refractivity contribution in [2.45, 2.75) is 25.9 Å². The van der Waals surface area contributed by atoms with Crippen LogP contribution in [0.15, 0.2) is 30.3 Å². The summed E-state index contributed by atoms with van der Waals surface area (Å²) < 4.78 is 1.47. The molecule has 0 saturated heterocycles. The molecule has 0 radical (unpaired) electrons. The van der Waals surface area contributed by atoms with E-state index in [1.54, 1.807) is 6.92 Å². The molecule has 1 atom stereocenters. The highest BCUT2D eigenvalue weighted by molar-refractivity contribution is 5.96. The summed E-state index contributed by atoms with van der Waals surface area (Å²) in [6.07, 6.45) is 0.0659. The molecule has 2 aromatic rings. The van der Waals surface area contributed by atoms with Crippen molar-refractivity contribution in [3.05, 3.63) is 41.7 Å². The third-order valence-corrected chi connectivity index (χ3v) is 3.27. The number of nitrogens with zero attached hydrogens (tertiary/aromatic N) is 3. The number of hydrogen-bond donors (Lipinski definition) is 2. The molecule has 2 amide bonds. The van der Waals surface area contributed by atoms with Crippen LogP contribution in [0, 0.1) is 6.92 Å². The number of fused-ring (bicyclic) bond motifs is 1. The summed E-state index contributed by atoms with van der Waals surface area (Å²) in [6, 6.07) is 8.95. The summed E-state index contributed by atoms with van der Waals surface area (Å²) >= 11 is 0. The van der Waals surface area contributed by atoms with Gasteiger partial charge in [-0.15, -0.1) is 0 Å². The quantitative estimate of drug-likeness (QED) is 0.872. The summed E-state index contributed by atoms with van der Waals surface area (Å²) in [5.41, 5.74) is 1.00. The number of carbonyl (C=O) groups excluding carboxylic acids is 2. The molecule has 0 saturated carbocycles. The number of nitrogens with one attached hydrogen (secondary N) is 2. The summed E-state index contributed by atoms with van der Waals surface area (Å²) in [6.45, 7) is 2.14. The third kappa shape index (κ3) is 2.76. The Bertz CT molecular complexity index is 680. The van der Waals surface area contributed by atoms with Gasteiger partial charge in [-0.2, -0.15) is 10.1 Å². The Hall–Kier alpha value is -2.70. The zero-order chi connectivity index (χ0) is 14.8. The van der Waals surface area contributed by atoms with E-state index >= 15 is 0 Å². The lowest BCUT2D eigenvalue weighted by Gasteiger charge is -2.22. The van der Waals surface area contributed by atoms with Crippen molar-refractivity contribution in [3.8, 4) is 0 Å². The van der Waals surface area contributed by atoms with Crippen molar-refractivity contribution in [2.75, 3.05) is 5.32 Å². The Balaban J connectivity index is 1.74. The Kier molecular flexibility index (Phi) is 3.39. The molecule has 0 aliphatic carbocycles. The third-order valence-electron chi connectivity index (χ3n) is 3.27. The summed E-state index contributed by atoms with van der Waals surface area (Å²) in [7, 11) is 0. The first kappa shape index (κ1) is 13.3. The molecule has 1 aliphatic rings. The van der Waals surface area contributed by atoms with Crippen LogP contribution < -0.4 is 10.6 Å². The highest BCUT2D eigenvalue weighted by Crippen LogP contribution is 2.22. The van der Waals surface area contributed by atoms with Crippen molar-refractivity contribution < 1.29 is 9.59 Å². The lowest BCUT2D eigenvalue weighted by atomic mass is 10.1. The van der Waals surface area contributed by atoms with Gasteiger partial charge in [0.15, 0.2) is 0 Å². The largest absolute Gasteiger partial charge is 0.350 e. The maximum absolute atomic E-state index is 12.3. The van der Waals surface area contributed by atoms with Gasteiger partial charge in [0.25, 0.3) is 0 Å². The molecule has 1 aromatic carbocycles. The number of aryl methyl sites for hydroxylation is 1. The van der Waals surface area contributed by atoms with Crippen molar-refractivity contribution >= 4 is 17.8 Å². The Morgan fingerprint density at radius 3 is 2.95 bits per heavy atom. The van der Waals surface area contributed by atoms with Crippen molar-refractivity contribution in [1.82, 2.24) is 20.1 Å². The van der Waals surface area contributed by atoms with Gasteiger partial charge in [-0.25, -0.2) is 4.68 Å². The van der Waals surface area contributed by atoms with Gasteiger partial charge in [-0.1, -0.05) is 30.3 Å². The molecule has 1 aliphatic heterocycles. The fraction of sp³-hybridized carbons (Fsp3) is 0.286. The molecule has 3 rings (SSSR count). The summed E-state index contributed by atoms with van der Waals surface area (Å²) in [5, 5.41) is 9.61. The number of aromatic nitrogens is 3. The van der Waals surface area contributed by atoms with Crippen molar-refractivity contribution in [3.63, 3.8) is 0 Å². The van der Waals surface area contributed by atoms with E-state index in [1.807, 2.05) is 30.3 Å². The van der Waals surface area contributed by atoms with Crippen molar-refractivity contribution in [2.24, 2.45) is 0 Å². The number of rotatable bonds is 3. The second kappa shape index (κ2) is 5.35. The molecule has 108 valence electrons. The first-order valence-electron chi connectivity index (χ1n) is 6.68. The number of anilines is 1. The van der Waals surface area contributed by atoms with Gasteiger partial charge in [0, 0.05) is 6.54 Å². The van der Waals surface area contributed by atoms with Crippen LogP contribution in [-0.2, 0) is 16.1 Å². The SMILES string of the molecule is Cc1nc2n(n1)C(C(=O)NCc1ccccc1)CC(=O)N2. The molecule has 0 spiro atoms. The number of hydrogen-bond acceptors (Lipinski definition) is 4. The molecular formula is C14H15N5O2. The van der Waals surface area contributed by atoms with E-state index in [4.69, 9.17) is 0 Å². The van der Waals surface area contributed by atoms with Crippen LogP contribution >= 0.6 is 0 Å². The zero-order valence-corrected chi connectivity index (χ0v) is 11.5. The summed E-state index contributed by atoms with van der Waals surface area (Å²) in [4.78, 5) is 28.1. The molecule has 1 aromatic heterocycles. The minimum atomic E-state index is -0.654. The fourth-order valence-electron chi connectivity index (χ4n) is 2.28. The van der Waals surface area contributed by atoms with E-state index in [1.165, 1.54) is 4.68 Å². The highest BCUT2D eigenvalue weighted by atomic mass is 16.2. The predicted molar refractivity (Wildman–Crippen MR) is 75.3 cm³/mol. The van der Waals surface area contributed by atoms with Crippen LogP contribution in [0.5, 0.6) is 0 Å². The van der Waals surface area contributed by atoms with Gasteiger partial charge in [0.1, 0.15) is 11.9 Å². The average Bonchev–Trinajstić information content (AvgIpc) is 2.85. The number of carbonyl (C=O) groups is 2. The average molecular weight is 285 g/mol. The first-order valence-corrected chi connectivity index (χ1v) is 6.68. The molecular weight excluding hydrogens is 270 g/mol. The topological polar surface area (TPSA) is 88.9 Å². The molecule has 7 heteroatoms. The highest BCUT2D eigenvalue weighted by Gasteiger charge is 2.32. The second-order valence-electron chi connectivity index (χ2n) is 4.90. The molecule has 0 bridgehead atoms. The monoisotopic (exact) mass is 285 g/mol. The smallest absolute Gasteiger partial charge is 0.245 e. The van der Waals surface area contributed by atoms with Crippen LogP contribution in [0.25, 0.3) is 0 Å². The van der Waals surface area contributed by atoms with Gasteiger partial charge >= 0.3 is 0 Å². The molecule has 1 unspecified atom stereocenters. The van der Waals surface area contributed by atoms with Gasteiger partial charge < -0.3 is 5.32 Å². The van der Waals surface area contributed by atoms with E-state index in [0.717, 1.165) is 5.56 Å². The van der Waals surface area contributed by atoms with Gasteiger partial charge in [0.2, 0.25) is 17.8 Å². The van der Waals surface area contributed by atoms with Crippen LogP contribution in [0.2, 0.25) is 0 Å². The van der Waals surface area contributed by atoms with Gasteiger partial charge in [0.05, 0.1) is 6.42 Å². The molecule has 2 heterocycles. The van der Waals surface area contributed by atoms with E-state index in [9.17, 15) is 9.59 Å². The Morgan fingerprint density at radius 1 is 1.43 bits per heavy atom. The van der Waals surface area contributed by atoms with E-state index in [0.29, 0.717) is 18.3 Å². The molecule has 7 nitrogen and oxygen atoms in total. The van der Waals surface area contributed by atoms with E-state index in [-0.39, 0.29) is 18.2 Å². The Labute approximate surface area is 121 Å². The van der Waals surface area contributed by atoms with Crippen LogP contribution in [0.1, 0.15) is 23.9 Å². The predicted octanol–water partition coefficient (Wildman–Crippen LogP) is 0.786. The second-order valence-corrected chi connectivity index (χ2v) is 4.90. The standard InChI is InChI=1S/C14H15N5O2/c1-9-16-14-17-12(20)7-11(19(14)18-9)13(21)15-8-10-5-3-2-4-6-10/h2-6,11H,7-8H2,1H3,(H,15,21)(H,16,17,18,20). The maximum atomic E-state index is 12.3. The first-order chi connectivity index (χ1) is 10.1. The van der Waals surface area contributed by atoms with E-state index in [2.05, 4.69) is 20.7 Å². The fourth-order valence-corrected chi connectivity index (χ4v) is 2.28. The van der Waals surface area contributed by atoms with Gasteiger partial charge in [-0.05, 0) is 12.5 Å². The normalized spacial score (nSPS) is 17.0. The Morgan fingerprint density at radius 2 is 2.19 bits per heavy atom. The lowest BCUT2D eigenvalue weighted by Crippen LogP contribution is -2.39. The minimum Gasteiger partial charge on any atom is -0.350 e. The molecule has 21 heavy (non-hydrogen) atoms. The maximum Gasteiger partial charge on any atom is 0.245 e. The lowest BCUT2D eigenvalue weighted by molar-refractivity contribution is -0.129. The zero-order valence-electron chi connectivity index (χ0n) is 11.5. The number of benzene rings is 1. The minimum absolute atomic E-state index is 0.0659. The summed E-state index contributed by atoms with van der Waals surface area (Å²) in [5.74, 6) is 0.381. The van der Waals surface area contributed by atoms with E-state index < -0.39 is 6.04 Å². The van der Waals surface area contributed by atoms with Crippen LogP contribution in [-0.4, -0.2) is 26.6 Å². The van der Waals surface area contributed by atoms with Crippen LogP contribution in [0.4, 0.5) is 5.95 Å².